The van der Waals surface area contributed by atoms with Gasteiger partial charge >= 0.3 is 0 Å². The lowest BCUT2D eigenvalue weighted by molar-refractivity contribution is 0.660. The van der Waals surface area contributed by atoms with Crippen LogP contribution in [0.25, 0.3) is 93.6 Å². The summed E-state index contributed by atoms with van der Waals surface area (Å²) < 4.78 is 9.13. The van der Waals surface area contributed by atoms with Gasteiger partial charge in [-0.1, -0.05) is 159 Å². The van der Waals surface area contributed by atoms with E-state index < -0.39 is 0 Å². The molecule has 0 radical (unpaired) electrons. The summed E-state index contributed by atoms with van der Waals surface area (Å²) in [4.78, 5) is 2.42. The number of fused-ring (bicyclic) bond motifs is 12. The summed E-state index contributed by atoms with van der Waals surface area (Å²) in [6, 6.07) is 79.6. The number of para-hydroxylation sites is 2. The highest BCUT2D eigenvalue weighted by Gasteiger charge is 2.35. The Balaban J connectivity index is 0.998. The van der Waals surface area contributed by atoms with Crippen LogP contribution < -0.4 is 4.90 Å². The summed E-state index contributed by atoms with van der Waals surface area (Å²) in [5.74, 6) is 0. The molecular formula is C61H42N2O. The van der Waals surface area contributed by atoms with Crippen LogP contribution in [0.4, 0.5) is 17.1 Å². The lowest BCUT2D eigenvalue weighted by Crippen LogP contribution is -2.16. The highest BCUT2D eigenvalue weighted by atomic mass is 16.3. The number of aromatic nitrogens is 1. The molecule has 0 aliphatic heterocycles. The Hall–Kier alpha value is -8.14. The van der Waals surface area contributed by atoms with Gasteiger partial charge in [-0.05, 0) is 123 Å². The van der Waals surface area contributed by atoms with E-state index in [0.29, 0.717) is 0 Å². The SMILES string of the molecule is CC1(C)c2ccccc2-c2ccc(N(c3ccc(-c4ccccc4)cc3)c3cccc(-c4ccc5c6c7c(ccc8c9ccccc9oc87)ccc6n(-c6ccccc6)c5c4)c3)cc21. The Morgan fingerprint density at radius 1 is 0.406 bits per heavy atom. The van der Waals surface area contributed by atoms with Crippen molar-refractivity contribution in [1.29, 1.82) is 0 Å². The van der Waals surface area contributed by atoms with Gasteiger partial charge in [-0.2, -0.15) is 0 Å². The molecule has 1 aliphatic carbocycles. The lowest BCUT2D eigenvalue weighted by atomic mass is 9.82. The first-order chi connectivity index (χ1) is 31.5. The predicted octanol–water partition coefficient (Wildman–Crippen LogP) is 16.9. The Kier molecular flexibility index (Phi) is 7.95. The second-order valence-corrected chi connectivity index (χ2v) is 17.7. The molecule has 0 atom stereocenters. The highest BCUT2D eigenvalue weighted by molar-refractivity contribution is 6.29. The van der Waals surface area contributed by atoms with Gasteiger partial charge in [-0.25, -0.2) is 0 Å². The summed E-state index contributed by atoms with van der Waals surface area (Å²) in [5.41, 5.74) is 18.5. The zero-order valence-corrected chi connectivity index (χ0v) is 35.6. The summed E-state index contributed by atoms with van der Waals surface area (Å²) in [6.45, 7) is 4.71. The number of furan rings is 1. The van der Waals surface area contributed by atoms with Crippen molar-refractivity contribution in [2.24, 2.45) is 0 Å². The Morgan fingerprint density at radius 3 is 1.91 bits per heavy atom. The van der Waals surface area contributed by atoms with E-state index in [-0.39, 0.29) is 5.41 Å². The largest absolute Gasteiger partial charge is 0.455 e. The smallest absolute Gasteiger partial charge is 0.143 e. The molecule has 12 aromatic rings. The normalized spacial score (nSPS) is 13.0. The molecule has 13 rings (SSSR count). The Morgan fingerprint density at radius 2 is 1.05 bits per heavy atom. The van der Waals surface area contributed by atoms with Crippen LogP contribution in [0.15, 0.2) is 223 Å². The van der Waals surface area contributed by atoms with Gasteiger partial charge in [0, 0.05) is 55.1 Å². The number of hydrogen-bond donors (Lipinski definition) is 0. The third-order valence-electron chi connectivity index (χ3n) is 13.8. The van der Waals surface area contributed by atoms with Crippen LogP contribution in [0.3, 0.4) is 0 Å². The maximum atomic E-state index is 6.71. The number of rotatable bonds is 6. The summed E-state index contributed by atoms with van der Waals surface area (Å²) in [6.07, 6.45) is 0. The zero-order chi connectivity index (χ0) is 42.5. The van der Waals surface area contributed by atoms with Crippen LogP contribution in [0, 0.1) is 0 Å². The standard InChI is InChI=1S/C61H42N2O/c1-61(2)53-22-11-9-20-48(53)49-34-31-47(38-54(49)61)62(45-29-24-40(25-30-45)39-14-5-3-6-15-39)46-19-13-16-42(36-46)43-27-33-52-56(37-43)63(44-17-7-4-8-18-44)55-35-28-41-26-32-51-50-21-10-12-23-57(50)64-60(51)58(41)59(52)55/h3-38H,1-2H3. The highest BCUT2D eigenvalue weighted by Crippen LogP contribution is 2.51. The van der Waals surface area contributed by atoms with E-state index in [1.807, 2.05) is 6.07 Å². The van der Waals surface area contributed by atoms with E-state index in [4.69, 9.17) is 4.42 Å². The van der Waals surface area contributed by atoms with E-state index >= 15 is 0 Å². The van der Waals surface area contributed by atoms with Crippen LogP contribution in [0.5, 0.6) is 0 Å². The minimum atomic E-state index is -0.124. The fourth-order valence-corrected chi connectivity index (χ4v) is 10.7. The molecule has 0 saturated carbocycles. The third kappa shape index (κ3) is 5.47. The van der Waals surface area contributed by atoms with E-state index in [1.165, 1.54) is 49.5 Å². The molecule has 64 heavy (non-hydrogen) atoms. The summed E-state index contributed by atoms with van der Waals surface area (Å²) in [5, 5.41) is 6.99. The van der Waals surface area contributed by atoms with Crippen LogP contribution in [-0.2, 0) is 5.41 Å². The summed E-state index contributed by atoms with van der Waals surface area (Å²) >= 11 is 0. The molecule has 3 heteroatoms. The fourth-order valence-electron chi connectivity index (χ4n) is 10.7. The van der Waals surface area contributed by atoms with E-state index in [2.05, 4.69) is 236 Å². The molecule has 10 aromatic carbocycles. The third-order valence-corrected chi connectivity index (χ3v) is 13.8. The van der Waals surface area contributed by atoms with Crippen molar-refractivity contribution in [1.82, 2.24) is 4.57 Å². The molecular weight excluding hydrogens is 777 g/mol. The number of benzene rings is 10. The molecule has 2 heterocycles. The number of hydrogen-bond acceptors (Lipinski definition) is 2. The first kappa shape index (κ1) is 36.5. The van der Waals surface area contributed by atoms with Crippen molar-refractivity contribution in [2.75, 3.05) is 4.90 Å². The zero-order valence-electron chi connectivity index (χ0n) is 35.6. The minimum absolute atomic E-state index is 0.124. The first-order valence-corrected chi connectivity index (χ1v) is 22.2. The van der Waals surface area contributed by atoms with Gasteiger partial charge in [0.25, 0.3) is 0 Å². The average Bonchev–Trinajstić information content (AvgIpc) is 3.97. The molecule has 0 unspecified atom stereocenters. The van der Waals surface area contributed by atoms with Gasteiger partial charge in [0.15, 0.2) is 0 Å². The molecule has 0 fully saturated rings. The van der Waals surface area contributed by atoms with E-state index in [0.717, 1.165) is 72.2 Å². The number of nitrogens with zero attached hydrogens (tertiary/aromatic N) is 2. The van der Waals surface area contributed by atoms with Crippen LogP contribution >= 0.6 is 0 Å². The molecule has 0 N–H and O–H groups in total. The fraction of sp³-hybridized carbons (Fsp3) is 0.0492. The Labute approximate surface area is 371 Å². The van der Waals surface area contributed by atoms with Crippen molar-refractivity contribution in [3.63, 3.8) is 0 Å². The van der Waals surface area contributed by atoms with Crippen LogP contribution in [0.1, 0.15) is 25.0 Å². The Bertz CT molecular complexity index is 3800. The van der Waals surface area contributed by atoms with E-state index in [9.17, 15) is 0 Å². The molecule has 302 valence electrons. The van der Waals surface area contributed by atoms with Crippen molar-refractivity contribution in [2.45, 2.75) is 19.3 Å². The number of anilines is 3. The second-order valence-electron chi connectivity index (χ2n) is 17.7. The first-order valence-electron chi connectivity index (χ1n) is 22.2. The van der Waals surface area contributed by atoms with Gasteiger partial charge in [-0.3, -0.25) is 0 Å². The van der Waals surface area contributed by atoms with E-state index in [1.54, 1.807) is 0 Å². The van der Waals surface area contributed by atoms with Gasteiger partial charge in [0.2, 0.25) is 0 Å². The average molecular weight is 819 g/mol. The predicted molar refractivity (Wildman–Crippen MR) is 269 cm³/mol. The lowest BCUT2D eigenvalue weighted by Gasteiger charge is -2.28. The van der Waals surface area contributed by atoms with Gasteiger partial charge in [-0.15, -0.1) is 0 Å². The van der Waals surface area contributed by atoms with Gasteiger partial charge in [0.1, 0.15) is 11.2 Å². The summed E-state index contributed by atoms with van der Waals surface area (Å²) in [7, 11) is 0. The van der Waals surface area contributed by atoms with Gasteiger partial charge < -0.3 is 13.9 Å². The van der Waals surface area contributed by atoms with Crippen molar-refractivity contribution in [3.05, 3.63) is 230 Å². The molecule has 0 amide bonds. The maximum Gasteiger partial charge on any atom is 0.143 e. The van der Waals surface area contributed by atoms with Crippen LogP contribution in [-0.4, -0.2) is 4.57 Å². The molecule has 0 bridgehead atoms. The van der Waals surface area contributed by atoms with Gasteiger partial charge in [0.05, 0.1) is 11.0 Å². The topological polar surface area (TPSA) is 21.3 Å². The van der Waals surface area contributed by atoms with Crippen molar-refractivity contribution >= 4 is 71.6 Å². The molecule has 1 aliphatic rings. The monoisotopic (exact) mass is 818 g/mol. The van der Waals surface area contributed by atoms with Crippen molar-refractivity contribution in [3.8, 4) is 39.1 Å². The molecule has 2 aromatic heterocycles. The van der Waals surface area contributed by atoms with Crippen molar-refractivity contribution < 1.29 is 4.42 Å². The molecule has 3 nitrogen and oxygen atoms in total. The van der Waals surface area contributed by atoms with Crippen LogP contribution in [0.2, 0.25) is 0 Å². The maximum absolute atomic E-state index is 6.71. The quantitative estimate of drug-likeness (QED) is 0.167. The minimum Gasteiger partial charge on any atom is -0.455 e. The molecule has 0 spiro atoms. The second kappa shape index (κ2) is 13.9. The molecule has 0 saturated heterocycles.